The number of halogens is 5. The first kappa shape index (κ1) is 23.4. The summed E-state index contributed by atoms with van der Waals surface area (Å²) >= 11 is 0. The minimum Gasteiger partial charge on any atom is -0.444 e. The largest absolute Gasteiger partial charge is 0.573 e. The Hall–Kier alpha value is -4.32. The number of nitrogens with zero attached hydrogens (tertiary/aromatic N) is 4. The van der Waals surface area contributed by atoms with Crippen LogP contribution in [0.2, 0.25) is 0 Å². The van der Waals surface area contributed by atoms with Crippen LogP contribution in [0.4, 0.5) is 22.0 Å². The summed E-state index contributed by atoms with van der Waals surface area (Å²) in [6, 6.07) is 17.0. The zero-order valence-electron chi connectivity index (χ0n) is 18.1. The summed E-state index contributed by atoms with van der Waals surface area (Å²) in [7, 11) is 0. The van der Waals surface area contributed by atoms with Gasteiger partial charge in [0.25, 0.3) is 0 Å². The zero-order chi connectivity index (χ0) is 25.3. The van der Waals surface area contributed by atoms with Gasteiger partial charge in [-0.25, -0.2) is 4.98 Å². The molecule has 0 aliphatic carbocycles. The number of benzene rings is 2. The summed E-state index contributed by atoms with van der Waals surface area (Å²) < 4.78 is 82.1. The molecule has 184 valence electrons. The smallest absolute Gasteiger partial charge is 0.444 e. The van der Waals surface area contributed by atoms with Crippen molar-refractivity contribution in [3.05, 3.63) is 90.7 Å². The van der Waals surface area contributed by atoms with Gasteiger partial charge in [-0.05, 0) is 47.5 Å². The molecule has 5 aromatic rings. The highest BCUT2D eigenvalue weighted by Crippen LogP contribution is 2.32. The fourth-order valence-electron chi connectivity index (χ4n) is 3.42. The molecule has 0 bridgehead atoms. The van der Waals surface area contributed by atoms with Crippen LogP contribution in [-0.2, 0) is 17.5 Å². The lowest BCUT2D eigenvalue weighted by Crippen LogP contribution is -2.21. The molecule has 3 heterocycles. The van der Waals surface area contributed by atoms with Crippen LogP contribution in [-0.4, -0.2) is 25.9 Å². The van der Waals surface area contributed by atoms with Gasteiger partial charge in [0.15, 0.2) is 5.65 Å². The van der Waals surface area contributed by atoms with E-state index >= 15 is 0 Å². The van der Waals surface area contributed by atoms with Crippen molar-refractivity contribution in [3.8, 4) is 28.3 Å². The van der Waals surface area contributed by atoms with E-state index < -0.39 is 30.7 Å². The van der Waals surface area contributed by atoms with E-state index in [0.717, 1.165) is 16.5 Å². The summed E-state index contributed by atoms with van der Waals surface area (Å²) in [6.45, 7) is -0.557. The number of hydrogen-bond donors (Lipinski definition) is 0. The second-order valence-electron chi connectivity index (χ2n) is 7.56. The van der Waals surface area contributed by atoms with Crippen molar-refractivity contribution in [3.63, 3.8) is 0 Å². The molecule has 0 radical (unpaired) electrons. The Bertz CT molecular complexity index is 1480. The summed E-state index contributed by atoms with van der Waals surface area (Å²) in [5.74, 6) is -0.912. The van der Waals surface area contributed by atoms with E-state index in [1.165, 1.54) is 30.7 Å². The topological polar surface area (TPSA) is 74.7 Å². The molecule has 3 aromatic heterocycles. The number of ether oxygens (including phenoxy) is 2. The third-order valence-electron chi connectivity index (χ3n) is 5.06. The van der Waals surface area contributed by atoms with Gasteiger partial charge in [0.1, 0.15) is 17.7 Å². The van der Waals surface area contributed by atoms with E-state index in [9.17, 15) is 22.0 Å². The second kappa shape index (κ2) is 9.04. The molecule has 2 aromatic carbocycles. The standard InChI is InChI=1S/C24H15F5N4O3/c25-23(26,35-14-18-13-34-21(30-18)16-4-2-1-3-5-16)22-32-31-20-11-8-17(12-33(20)22)15-6-9-19(10-7-15)36-24(27,28)29/h1-13H,14H2. The molecule has 0 atom stereocenters. The first-order valence-electron chi connectivity index (χ1n) is 10.4. The van der Waals surface area contributed by atoms with Crippen LogP contribution in [0, 0.1) is 0 Å². The Balaban J connectivity index is 1.35. The fraction of sp³-hybridized carbons (Fsp3) is 0.125. The van der Waals surface area contributed by atoms with Crippen molar-refractivity contribution in [2.75, 3.05) is 0 Å². The molecule has 0 fully saturated rings. The van der Waals surface area contributed by atoms with Crippen LogP contribution in [0.3, 0.4) is 0 Å². The number of hydrogen-bond acceptors (Lipinski definition) is 6. The monoisotopic (exact) mass is 502 g/mol. The van der Waals surface area contributed by atoms with Crippen molar-refractivity contribution >= 4 is 5.65 Å². The van der Waals surface area contributed by atoms with Crippen LogP contribution in [0.25, 0.3) is 28.2 Å². The Kier molecular flexibility index (Phi) is 5.88. The van der Waals surface area contributed by atoms with E-state index in [-0.39, 0.29) is 17.2 Å². The third-order valence-corrected chi connectivity index (χ3v) is 5.06. The molecule has 7 nitrogen and oxygen atoms in total. The van der Waals surface area contributed by atoms with Gasteiger partial charge < -0.3 is 13.9 Å². The fourth-order valence-corrected chi connectivity index (χ4v) is 3.42. The number of pyridine rings is 1. The van der Waals surface area contributed by atoms with Crippen LogP contribution in [0.5, 0.6) is 5.75 Å². The first-order chi connectivity index (χ1) is 17.2. The molecule has 5 rings (SSSR count). The lowest BCUT2D eigenvalue weighted by molar-refractivity contribution is -0.274. The molecular weight excluding hydrogens is 487 g/mol. The Morgan fingerprint density at radius 1 is 0.806 bits per heavy atom. The molecule has 12 heteroatoms. The van der Waals surface area contributed by atoms with Gasteiger partial charge in [-0.1, -0.05) is 30.3 Å². The van der Waals surface area contributed by atoms with Gasteiger partial charge in [-0.2, -0.15) is 8.78 Å². The van der Waals surface area contributed by atoms with Gasteiger partial charge in [0.2, 0.25) is 11.7 Å². The summed E-state index contributed by atoms with van der Waals surface area (Å²) in [6.07, 6.45) is -6.09. The molecule has 0 saturated carbocycles. The van der Waals surface area contributed by atoms with Crippen molar-refractivity contribution in [2.45, 2.75) is 19.1 Å². The molecule has 0 aliphatic heterocycles. The van der Waals surface area contributed by atoms with Gasteiger partial charge in [-0.3, -0.25) is 4.40 Å². The van der Waals surface area contributed by atoms with Crippen molar-refractivity contribution < 1.29 is 35.8 Å². The average Bonchev–Trinajstić information content (AvgIpc) is 3.50. The molecule has 0 N–H and O–H groups in total. The number of alkyl halides is 5. The predicted octanol–water partition coefficient (Wildman–Crippen LogP) is 6.22. The molecule has 0 unspecified atom stereocenters. The van der Waals surface area contributed by atoms with Crippen LogP contribution in [0.15, 0.2) is 83.6 Å². The van der Waals surface area contributed by atoms with E-state index in [1.807, 2.05) is 6.07 Å². The third kappa shape index (κ3) is 5.03. The number of rotatable bonds is 7. The number of fused-ring (bicyclic) bond motifs is 1. The molecule has 0 amide bonds. The van der Waals surface area contributed by atoms with E-state index in [1.54, 1.807) is 30.3 Å². The predicted molar refractivity (Wildman–Crippen MR) is 116 cm³/mol. The van der Waals surface area contributed by atoms with Crippen molar-refractivity contribution in [1.82, 2.24) is 19.6 Å². The molecule has 0 aliphatic rings. The molecule has 0 saturated heterocycles. The highest BCUT2D eigenvalue weighted by molar-refractivity contribution is 5.65. The Morgan fingerprint density at radius 2 is 1.53 bits per heavy atom. The first-order valence-corrected chi connectivity index (χ1v) is 10.4. The summed E-state index contributed by atoms with van der Waals surface area (Å²) in [5, 5.41) is 7.32. The van der Waals surface area contributed by atoms with Gasteiger partial charge >= 0.3 is 12.5 Å². The minimum absolute atomic E-state index is 0.127. The van der Waals surface area contributed by atoms with Gasteiger partial charge in [0.05, 0.1) is 6.61 Å². The van der Waals surface area contributed by atoms with Gasteiger partial charge in [0, 0.05) is 11.8 Å². The van der Waals surface area contributed by atoms with Crippen LogP contribution >= 0.6 is 0 Å². The molecule has 0 spiro atoms. The lowest BCUT2D eigenvalue weighted by Gasteiger charge is -2.14. The maximum Gasteiger partial charge on any atom is 0.573 e. The van der Waals surface area contributed by atoms with Crippen molar-refractivity contribution in [1.29, 1.82) is 0 Å². The second-order valence-corrected chi connectivity index (χ2v) is 7.56. The Morgan fingerprint density at radius 3 is 2.25 bits per heavy atom. The van der Waals surface area contributed by atoms with Crippen LogP contribution < -0.4 is 4.74 Å². The normalized spacial score (nSPS) is 12.2. The minimum atomic E-state index is -4.82. The quantitative estimate of drug-likeness (QED) is 0.246. The zero-order valence-corrected chi connectivity index (χ0v) is 18.1. The van der Waals surface area contributed by atoms with Gasteiger partial charge in [-0.15, -0.1) is 23.4 Å². The maximum absolute atomic E-state index is 15.0. The average molecular weight is 502 g/mol. The highest BCUT2D eigenvalue weighted by Gasteiger charge is 2.39. The molecule has 36 heavy (non-hydrogen) atoms. The summed E-state index contributed by atoms with van der Waals surface area (Å²) in [5.41, 5.74) is 1.86. The Labute approximate surface area is 199 Å². The SMILES string of the molecule is FC(F)(F)Oc1ccc(-c2ccc3nnc(C(F)(F)OCc4coc(-c5ccccc5)n4)n3c2)cc1. The maximum atomic E-state index is 15.0. The van der Waals surface area contributed by atoms with E-state index in [2.05, 4.69) is 19.9 Å². The highest BCUT2D eigenvalue weighted by atomic mass is 19.4. The summed E-state index contributed by atoms with van der Waals surface area (Å²) in [4.78, 5) is 4.16. The van der Waals surface area contributed by atoms with E-state index in [4.69, 9.17) is 9.15 Å². The van der Waals surface area contributed by atoms with Crippen molar-refractivity contribution in [2.24, 2.45) is 0 Å². The lowest BCUT2D eigenvalue weighted by atomic mass is 10.1. The number of aromatic nitrogens is 4. The molecular formula is C24H15F5N4O3. The van der Waals surface area contributed by atoms with E-state index in [0.29, 0.717) is 16.7 Å². The van der Waals surface area contributed by atoms with Crippen LogP contribution in [0.1, 0.15) is 11.5 Å². The number of oxazole rings is 1.